The highest BCUT2D eigenvalue weighted by Gasteiger charge is 2.82. The first-order chi connectivity index (χ1) is 14.1. The van der Waals surface area contributed by atoms with Gasteiger partial charge in [0.1, 0.15) is 0 Å². The predicted octanol–water partition coefficient (Wildman–Crippen LogP) is 2.56. The summed E-state index contributed by atoms with van der Waals surface area (Å²) in [7, 11) is 3.78. The molecule has 1 N–H and O–H groups in total. The molecule has 0 aromatic rings. The fourth-order valence-corrected chi connectivity index (χ4v) is 10.5. The number of aliphatic hydroxyl groups excluding tert-OH is 1. The molecule has 5 heteroatoms. The van der Waals surface area contributed by atoms with Gasteiger partial charge < -0.3 is 19.3 Å². The molecule has 6 rings (SSSR count). The molecular formula is C24H39NO4. The first-order valence-electron chi connectivity index (χ1n) is 12.2. The number of rotatable bonds is 5. The number of hydrogen-bond acceptors (Lipinski definition) is 5. The van der Waals surface area contributed by atoms with E-state index in [0.717, 1.165) is 37.8 Å². The van der Waals surface area contributed by atoms with Crippen LogP contribution in [-0.2, 0) is 14.2 Å². The summed E-state index contributed by atoms with van der Waals surface area (Å²) in [5, 5.41) is 11.6. The third kappa shape index (κ3) is 2.02. The van der Waals surface area contributed by atoms with E-state index in [9.17, 15) is 5.11 Å². The van der Waals surface area contributed by atoms with Gasteiger partial charge in [-0.3, -0.25) is 4.90 Å². The zero-order chi connectivity index (χ0) is 20.1. The molecule has 7 bridgehead atoms. The third-order valence-electron chi connectivity index (χ3n) is 10.8. The van der Waals surface area contributed by atoms with Crippen molar-refractivity contribution in [1.29, 1.82) is 0 Å². The minimum atomic E-state index is -0.295. The van der Waals surface area contributed by atoms with Gasteiger partial charge in [-0.1, -0.05) is 6.92 Å². The smallest absolute Gasteiger partial charge is 0.0806 e. The Balaban J connectivity index is 1.58. The summed E-state index contributed by atoms with van der Waals surface area (Å²) in [6.45, 7) is 7.56. The molecule has 29 heavy (non-hydrogen) atoms. The maximum atomic E-state index is 11.6. The predicted molar refractivity (Wildman–Crippen MR) is 109 cm³/mol. The first-order valence-corrected chi connectivity index (χ1v) is 12.2. The van der Waals surface area contributed by atoms with Crippen molar-refractivity contribution in [2.45, 2.75) is 75.9 Å². The molecular weight excluding hydrogens is 366 g/mol. The van der Waals surface area contributed by atoms with Crippen LogP contribution < -0.4 is 0 Å². The van der Waals surface area contributed by atoms with Gasteiger partial charge in [0.2, 0.25) is 0 Å². The van der Waals surface area contributed by atoms with Crippen LogP contribution in [0.2, 0.25) is 0 Å². The summed E-state index contributed by atoms with van der Waals surface area (Å²) in [6.07, 6.45) is 5.94. The number of hydrogen-bond donors (Lipinski definition) is 1. The standard InChI is InChI=1S/C24H39NO4/c1-5-25-12-13-7-8-19(28-4)24-15(13)10-17(22(24)25)23(29-6-2)11-18(27-3)14-9-16(24)20(23)21(14)26/h13-22,26H,5-12H2,1-4H3/t13-,14+,15+,16+,17-,18-,19?,20+,21?,22+,23-,24-/m0/s1. The van der Waals surface area contributed by atoms with Crippen molar-refractivity contribution in [2.24, 2.45) is 40.9 Å². The average molecular weight is 406 g/mol. The minimum Gasteiger partial charge on any atom is -0.392 e. The summed E-state index contributed by atoms with van der Waals surface area (Å²) in [5.41, 5.74) is -0.0411. The molecule has 12 atom stereocenters. The summed E-state index contributed by atoms with van der Waals surface area (Å²) < 4.78 is 19.2. The van der Waals surface area contributed by atoms with Crippen molar-refractivity contribution in [3.8, 4) is 0 Å². The number of nitrogens with zero attached hydrogens (tertiary/aromatic N) is 1. The quantitative estimate of drug-likeness (QED) is 0.762. The van der Waals surface area contributed by atoms with E-state index in [0.29, 0.717) is 24.0 Å². The lowest BCUT2D eigenvalue weighted by atomic mass is 9.46. The summed E-state index contributed by atoms with van der Waals surface area (Å²) >= 11 is 0. The molecule has 1 saturated heterocycles. The lowest BCUT2D eigenvalue weighted by Gasteiger charge is -2.67. The first kappa shape index (κ1) is 19.5. The van der Waals surface area contributed by atoms with Crippen LogP contribution >= 0.6 is 0 Å². The van der Waals surface area contributed by atoms with Gasteiger partial charge in [0.25, 0.3) is 0 Å². The van der Waals surface area contributed by atoms with Gasteiger partial charge >= 0.3 is 0 Å². The average Bonchev–Trinajstić information content (AvgIpc) is 3.11. The van der Waals surface area contributed by atoms with Crippen LogP contribution in [0, 0.1) is 40.9 Å². The third-order valence-corrected chi connectivity index (χ3v) is 10.8. The SMILES string of the molecule is CCO[C@]12C[C@H](OC)[C@H]3C[C@H]([C@@H]1C3O)[C@@]13C(OC)CC[C@H]4CN(CC)[C@@H]1[C@@H]2C[C@H]43. The number of piperidine rings is 1. The Kier molecular flexibility index (Phi) is 4.31. The van der Waals surface area contributed by atoms with Gasteiger partial charge in [-0.25, -0.2) is 0 Å². The Bertz CT molecular complexity index is 673. The number of methoxy groups -OCH3 is 2. The van der Waals surface area contributed by atoms with Gasteiger partial charge in [0.05, 0.1) is 23.9 Å². The molecule has 2 unspecified atom stereocenters. The van der Waals surface area contributed by atoms with Crippen molar-refractivity contribution in [1.82, 2.24) is 4.90 Å². The van der Waals surface area contributed by atoms with Gasteiger partial charge in [0, 0.05) is 63.0 Å². The largest absolute Gasteiger partial charge is 0.392 e. The molecule has 0 aromatic carbocycles. The summed E-state index contributed by atoms with van der Waals surface area (Å²) in [4.78, 5) is 2.81. The number of aliphatic hydroxyl groups is 1. The Labute approximate surface area is 175 Å². The number of likely N-dealkylation sites (tertiary alicyclic amines) is 1. The Morgan fingerprint density at radius 2 is 1.86 bits per heavy atom. The fourth-order valence-electron chi connectivity index (χ4n) is 10.5. The molecule has 1 heterocycles. The van der Waals surface area contributed by atoms with Gasteiger partial charge in [0.15, 0.2) is 0 Å². The zero-order valence-corrected chi connectivity index (χ0v) is 18.5. The Morgan fingerprint density at radius 3 is 2.55 bits per heavy atom. The molecule has 0 amide bonds. The molecule has 5 nitrogen and oxygen atoms in total. The molecule has 0 radical (unpaired) electrons. The van der Waals surface area contributed by atoms with Crippen LogP contribution in [0.5, 0.6) is 0 Å². The lowest BCUT2D eigenvalue weighted by molar-refractivity contribution is -0.271. The van der Waals surface area contributed by atoms with Crippen molar-refractivity contribution in [3.63, 3.8) is 0 Å². The van der Waals surface area contributed by atoms with Gasteiger partial charge in [-0.15, -0.1) is 0 Å². The molecule has 1 spiro atoms. The van der Waals surface area contributed by atoms with Crippen LogP contribution in [0.25, 0.3) is 0 Å². The van der Waals surface area contributed by atoms with Crippen LogP contribution in [0.1, 0.15) is 46.0 Å². The van der Waals surface area contributed by atoms with E-state index < -0.39 is 0 Å². The maximum Gasteiger partial charge on any atom is 0.0806 e. The normalized spacial score (nSPS) is 59.9. The monoisotopic (exact) mass is 405 g/mol. The molecule has 5 aliphatic carbocycles. The van der Waals surface area contributed by atoms with E-state index >= 15 is 0 Å². The van der Waals surface area contributed by atoms with E-state index in [1.54, 1.807) is 0 Å². The highest BCUT2D eigenvalue weighted by atomic mass is 16.5. The second-order valence-corrected chi connectivity index (χ2v) is 10.9. The van der Waals surface area contributed by atoms with Crippen LogP contribution in [0.3, 0.4) is 0 Å². The molecule has 1 aliphatic heterocycles. The van der Waals surface area contributed by atoms with Gasteiger partial charge in [-0.05, 0) is 56.9 Å². The molecule has 0 aromatic heterocycles. The summed E-state index contributed by atoms with van der Waals surface area (Å²) in [5.74, 6) is 3.00. The highest BCUT2D eigenvalue weighted by Crippen LogP contribution is 2.77. The minimum absolute atomic E-state index is 0.115. The molecule has 6 aliphatic rings. The van der Waals surface area contributed by atoms with Crippen molar-refractivity contribution in [3.05, 3.63) is 0 Å². The molecule has 5 saturated carbocycles. The zero-order valence-electron chi connectivity index (χ0n) is 18.5. The van der Waals surface area contributed by atoms with Crippen LogP contribution in [0.4, 0.5) is 0 Å². The van der Waals surface area contributed by atoms with E-state index in [4.69, 9.17) is 14.2 Å². The van der Waals surface area contributed by atoms with Crippen LogP contribution in [0.15, 0.2) is 0 Å². The van der Waals surface area contributed by atoms with Crippen molar-refractivity contribution in [2.75, 3.05) is 33.9 Å². The Morgan fingerprint density at radius 1 is 1.03 bits per heavy atom. The van der Waals surface area contributed by atoms with Crippen molar-refractivity contribution >= 4 is 0 Å². The second kappa shape index (κ2) is 6.41. The topological polar surface area (TPSA) is 51.2 Å². The fraction of sp³-hybridized carbons (Fsp3) is 1.00. The molecule has 6 fully saturated rings. The van der Waals surface area contributed by atoms with E-state index in [-0.39, 0.29) is 35.1 Å². The number of ether oxygens (including phenoxy) is 3. The lowest BCUT2D eigenvalue weighted by Crippen LogP contribution is -2.74. The Hall–Kier alpha value is -0.200. The van der Waals surface area contributed by atoms with E-state index in [1.807, 2.05) is 14.2 Å². The van der Waals surface area contributed by atoms with E-state index in [2.05, 4.69) is 18.7 Å². The highest BCUT2D eigenvalue weighted by molar-refractivity contribution is 5.31. The maximum absolute atomic E-state index is 11.6. The summed E-state index contributed by atoms with van der Waals surface area (Å²) in [6, 6.07) is 0.536. The second-order valence-electron chi connectivity index (χ2n) is 10.9. The van der Waals surface area contributed by atoms with E-state index in [1.165, 1.54) is 25.8 Å². The molecule has 164 valence electrons. The van der Waals surface area contributed by atoms with Crippen molar-refractivity contribution < 1.29 is 19.3 Å². The van der Waals surface area contributed by atoms with Gasteiger partial charge in [-0.2, -0.15) is 0 Å². The van der Waals surface area contributed by atoms with Crippen LogP contribution in [-0.4, -0.2) is 73.9 Å². The number of fused-ring (bicyclic) bond motifs is 2.